The number of nitrogens with zero attached hydrogens (tertiary/aromatic N) is 4. The van der Waals surface area contributed by atoms with Gasteiger partial charge in [-0.15, -0.1) is 0 Å². The van der Waals surface area contributed by atoms with Crippen molar-refractivity contribution < 1.29 is 19.4 Å². The number of carboxylic acid groups (broad SMARTS) is 1. The van der Waals surface area contributed by atoms with E-state index >= 15 is 0 Å². The summed E-state index contributed by atoms with van der Waals surface area (Å²) in [5.41, 5.74) is 1.58. The molecule has 0 radical (unpaired) electrons. The average molecular weight is 711 g/mol. The molecule has 8 heteroatoms. The van der Waals surface area contributed by atoms with Crippen LogP contribution in [-0.2, 0) is 33.8 Å². The number of unbranched alkanes of at least 4 members (excludes halogenated alkanes) is 1. The first-order valence-electron chi connectivity index (χ1n) is 20.3. The summed E-state index contributed by atoms with van der Waals surface area (Å²) in [6.45, 7) is 12.0. The van der Waals surface area contributed by atoms with Crippen molar-refractivity contribution in [2.24, 2.45) is 51.8 Å². The normalized spacial score (nSPS) is 36.2. The van der Waals surface area contributed by atoms with Crippen LogP contribution in [-0.4, -0.2) is 76.5 Å². The number of aldehydes is 1. The largest absolute Gasteiger partial charge is 0.481 e. The van der Waals surface area contributed by atoms with Crippen LogP contribution in [0.2, 0.25) is 0 Å². The molecule has 10 atom stereocenters. The van der Waals surface area contributed by atoms with E-state index in [4.69, 9.17) is 9.72 Å². The lowest BCUT2D eigenvalue weighted by molar-refractivity contribution is -0.197. The van der Waals surface area contributed by atoms with Crippen molar-refractivity contribution in [1.29, 1.82) is 0 Å². The van der Waals surface area contributed by atoms with Crippen molar-refractivity contribution in [3.63, 3.8) is 0 Å². The van der Waals surface area contributed by atoms with Crippen molar-refractivity contribution in [3.8, 4) is 0 Å². The maximum atomic E-state index is 14.1. The molecule has 1 saturated heterocycles. The second kappa shape index (κ2) is 14.7. The smallest absolute Gasteiger partial charge is 0.315 e. The Morgan fingerprint density at radius 1 is 1.06 bits per heavy atom. The van der Waals surface area contributed by atoms with Crippen LogP contribution < -0.4 is 0 Å². The maximum absolute atomic E-state index is 14.1. The molecule has 5 aliphatic rings. The molecular formula is C44H62N4O4. The zero-order valence-corrected chi connectivity index (χ0v) is 32.5. The molecule has 4 bridgehead atoms. The van der Waals surface area contributed by atoms with E-state index < -0.39 is 22.2 Å². The molecule has 282 valence electrons. The number of ether oxygens (including phenoxy) is 1. The number of fused-ring (bicyclic) bond motifs is 2. The number of rotatable bonds is 16. The SMILES string of the molecule is CCCCC1CC(C23C[C@@H]4[C@H](C)CC[C@H]4C4(C=O)CC2C=C(C(C)C)C34C(=O)O)OC1CN(C)Cc1cccc(CN(C)CCc2ccccn2)n1. The zero-order valence-electron chi connectivity index (χ0n) is 32.5. The summed E-state index contributed by atoms with van der Waals surface area (Å²) < 4.78 is 7.35. The Hall–Kier alpha value is -2.94. The van der Waals surface area contributed by atoms with Gasteiger partial charge in [-0.1, -0.05) is 70.7 Å². The van der Waals surface area contributed by atoms with Gasteiger partial charge in [0.1, 0.15) is 11.7 Å². The third kappa shape index (κ3) is 5.90. The van der Waals surface area contributed by atoms with E-state index in [9.17, 15) is 14.7 Å². The van der Waals surface area contributed by atoms with E-state index in [-0.39, 0.29) is 30.0 Å². The summed E-state index contributed by atoms with van der Waals surface area (Å²) in [6.07, 6.45) is 13.8. The Balaban J connectivity index is 1.11. The van der Waals surface area contributed by atoms with Crippen molar-refractivity contribution in [2.45, 2.75) is 111 Å². The molecule has 2 aromatic heterocycles. The molecule has 1 N–H and O–H groups in total. The summed E-state index contributed by atoms with van der Waals surface area (Å²) in [7, 11) is 4.30. The standard InChI is InChI=1S/C44H62N4O4/c1-7-8-12-31-21-40(43-24-36-30(4)16-17-37(36)42(28-49)23-32(43)22-38(29(2)3)44(42,43)41(50)51)52-39(31)27-48(6)26-35-15-11-14-34(46-35)25-47(5)20-18-33-13-9-10-19-45-33/h9-11,13-15,19,22,28-32,36-37,39-40H,7-8,12,16-18,20-21,23-27H2,1-6H3,(H,50,51)/t30-,31?,32?,36-,37-,39?,40?,42?,43?,44?/m1/s1. The minimum absolute atomic E-state index is 0.00883. The van der Waals surface area contributed by atoms with Crippen LogP contribution in [0.3, 0.4) is 0 Å². The molecule has 1 aliphatic heterocycles. The van der Waals surface area contributed by atoms with Gasteiger partial charge in [0.25, 0.3) is 0 Å². The summed E-state index contributed by atoms with van der Waals surface area (Å²) in [6, 6.07) is 12.4. The molecule has 3 saturated carbocycles. The molecule has 0 amide bonds. The van der Waals surface area contributed by atoms with Gasteiger partial charge in [-0.25, -0.2) is 0 Å². The summed E-state index contributed by atoms with van der Waals surface area (Å²) >= 11 is 0. The second-order valence-corrected chi connectivity index (χ2v) is 17.8. The van der Waals surface area contributed by atoms with Gasteiger partial charge in [0.2, 0.25) is 0 Å². The number of pyridine rings is 2. The van der Waals surface area contributed by atoms with Gasteiger partial charge >= 0.3 is 5.97 Å². The highest BCUT2D eigenvalue weighted by Crippen LogP contribution is 2.84. The maximum Gasteiger partial charge on any atom is 0.315 e. The highest BCUT2D eigenvalue weighted by atomic mass is 16.5. The number of hydrogen-bond donors (Lipinski definition) is 1. The van der Waals surface area contributed by atoms with Crippen LogP contribution in [0, 0.1) is 51.8 Å². The fourth-order valence-electron chi connectivity index (χ4n) is 12.5. The van der Waals surface area contributed by atoms with E-state index in [0.29, 0.717) is 24.2 Å². The minimum Gasteiger partial charge on any atom is -0.481 e. The topological polar surface area (TPSA) is 95.9 Å². The fourth-order valence-corrected chi connectivity index (χ4v) is 12.5. The Labute approximate surface area is 311 Å². The Morgan fingerprint density at radius 3 is 2.48 bits per heavy atom. The van der Waals surface area contributed by atoms with E-state index in [1.165, 1.54) is 0 Å². The van der Waals surface area contributed by atoms with E-state index in [1.54, 1.807) is 0 Å². The summed E-state index contributed by atoms with van der Waals surface area (Å²) in [4.78, 5) is 41.9. The van der Waals surface area contributed by atoms with E-state index in [1.807, 2.05) is 18.3 Å². The molecule has 4 aliphatic carbocycles. The van der Waals surface area contributed by atoms with Crippen LogP contribution in [0.15, 0.2) is 54.2 Å². The van der Waals surface area contributed by atoms with Crippen LogP contribution in [0.1, 0.15) is 96.1 Å². The third-order valence-corrected chi connectivity index (χ3v) is 14.6. The van der Waals surface area contributed by atoms with Crippen LogP contribution >= 0.6 is 0 Å². The first-order chi connectivity index (χ1) is 25.0. The fraction of sp³-hybridized carbons (Fsp3) is 0.682. The highest BCUT2D eigenvalue weighted by molar-refractivity contribution is 5.90. The predicted molar refractivity (Wildman–Crippen MR) is 203 cm³/mol. The molecule has 3 heterocycles. The number of carbonyl (C=O) groups excluding carboxylic acids is 1. The van der Waals surface area contributed by atoms with Gasteiger partial charge in [0, 0.05) is 49.9 Å². The molecule has 2 aromatic rings. The lowest BCUT2D eigenvalue weighted by Gasteiger charge is -2.60. The Morgan fingerprint density at radius 2 is 1.81 bits per heavy atom. The van der Waals surface area contributed by atoms with Gasteiger partial charge in [0.05, 0.1) is 29.0 Å². The molecule has 52 heavy (non-hydrogen) atoms. The monoisotopic (exact) mass is 710 g/mol. The van der Waals surface area contributed by atoms with Gasteiger partial charge in [-0.2, -0.15) is 0 Å². The zero-order chi connectivity index (χ0) is 36.8. The molecule has 4 fully saturated rings. The lowest BCUT2D eigenvalue weighted by Crippen LogP contribution is -2.65. The van der Waals surface area contributed by atoms with E-state index in [0.717, 1.165) is 106 Å². The number of aromatic nitrogens is 2. The first kappa shape index (κ1) is 37.4. The van der Waals surface area contributed by atoms with Crippen LogP contribution in [0.5, 0.6) is 0 Å². The quantitative estimate of drug-likeness (QED) is 0.142. The summed E-state index contributed by atoms with van der Waals surface area (Å²) in [5.74, 6) is 0.712. The second-order valence-electron chi connectivity index (χ2n) is 17.8. The highest BCUT2D eigenvalue weighted by Gasteiger charge is 2.86. The number of carbonyl (C=O) groups is 2. The van der Waals surface area contributed by atoms with Gasteiger partial charge in [0.15, 0.2) is 0 Å². The van der Waals surface area contributed by atoms with Crippen molar-refractivity contribution in [1.82, 2.24) is 19.8 Å². The van der Waals surface area contributed by atoms with Gasteiger partial charge in [-0.3, -0.25) is 19.7 Å². The van der Waals surface area contributed by atoms with Crippen molar-refractivity contribution >= 4 is 12.3 Å². The number of likely N-dealkylation sites (N-methyl/N-ethyl adjacent to an activating group) is 2. The van der Waals surface area contributed by atoms with Crippen LogP contribution in [0.4, 0.5) is 0 Å². The van der Waals surface area contributed by atoms with Gasteiger partial charge < -0.3 is 19.5 Å². The number of hydrogen-bond acceptors (Lipinski definition) is 7. The predicted octanol–water partition coefficient (Wildman–Crippen LogP) is 7.47. The Kier molecular flexibility index (Phi) is 10.6. The molecular weight excluding hydrogens is 649 g/mol. The number of aliphatic carboxylic acids is 1. The van der Waals surface area contributed by atoms with Crippen molar-refractivity contribution in [2.75, 3.05) is 27.2 Å². The number of carboxylic acids is 1. The molecule has 0 aromatic carbocycles. The Bertz CT molecular complexity index is 1630. The molecule has 0 spiro atoms. The third-order valence-electron chi connectivity index (χ3n) is 14.6. The molecule has 8 nitrogen and oxygen atoms in total. The van der Waals surface area contributed by atoms with Crippen LogP contribution in [0.25, 0.3) is 0 Å². The minimum atomic E-state index is -1.19. The summed E-state index contributed by atoms with van der Waals surface area (Å²) in [5, 5.41) is 11.6. The lowest BCUT2D eigenvalue weighted by atomic mass is 9.41. The molecule has 7 rings (SSSR count). The van der Waals surface area contributed by atoms with Gasteiger partial charge in [-0.05, 0) is 106 Å². The first-order valence-corrected chi connectivity index (χ1v) is 20.3. The average Bonchev–Trinajstić information content (AvgIpc) is 3.83. The van der Waals surface area contributed by atoms with Crippen molar-refractivity contribution in [3.05, 3.63) is 71.3 Å². The van der Waals surface area contributed by atoms with E-state index in [2.05, 4.69) is 86.9 Å². The number of allylic oxidation sites excluding steroid dienone is 1. The molecule has 7 unspecified atom stereocenters.